The number of nitrogens with zero attached hydrogens (tertiary/aromatic N) is 1. The molecular weight excluding hydrogens is 415 g/mol. The third-order valence-corrected chi connectivity index (χ3v) is 8.33. The van der Waals surface area contributed by atoms with E-state index in [2.05, 4.69) is 37.1 Å². The second-order valence-electron chi connectivity index (χ2n) is 10.5. The number of likely N-dealkylation sites (tertiary alicyclic amines) is 1. The first-order chi connectivity index (χ1) is 15.9. The summed E-state index contributed by atoms with van der Waals surface area (Å²) < 4.78 is 20.0. The van der Waals surface area contributed by atoms with E-state index >= 15 is 0 Å². The molecule has 5 atom stereocenters. The second-order valence-corrected chi connectivity index (χ2v) is 10.5. The summed E-state index contributed by atoms with van der Waals surface area (Å²) in [6.45, 7) is 10.4. The van der Waals surface area contributed by atoms with Crippen LogP contribution in [-0.2, 0) is 4.74 Å². The van der Waals surface area contributed by atoms with Crippen LogP contribution in [0.5, 0.6) is 0 Å². The van der Waals surface area contributed by atoms with Crippen molar-refractivity contribution in [2.75, 3.05) is 26.7 Å². The molecule has 2 fully saturated rings. The van der Waals surface area contributed by atoms with E-state index in [1.807, 2.05) is 6.07 Å². The highest BCUT2D eigenvalue weighted by Gasteiger charge is 2.41. The maximum atomic E-state index is 14.2. The molecular formula is C28H45FN2O2. The number of ether oxygens (including phenoxy) is 1. The molecule has 1 aliphatic carbocycles. The molecule has 3 unspecified atom stereocenters. The fourth-order valence-corrected chi connectivity index (χ4v) is 6.26. The summed E-state index contributed by atoms with van der Waals surface area (Å²) in [5.74, 6) is 2.39. The monoisotopic (exact) mass is 460 g/mol. The Hall–Kier alpha value is -1.62. The van der Waals surface area contributed by atoms with Gasteiger partial charge < -0.3 is 15.0 Å². The van der Waals surface area contributed by atoms with Crippen molar-refractivity contribution in [2.24, 2.45) is 23.7 Å². The van der Waals surface area contributed by atoms with Crippen LogP contribution in [0.15, 0.2) is 24.3 Å². The van der Waals surface area contributed by atoms with Crippen LogP contribution in [-0.4, -0.2) is 43.8 Å². The quantitative estimate of drug-likeness (QED) is 0.427. The second kappa shape index (κ2) is 12.7. The molecule has 1 saturated carbocycles. The molecule has 4 nitrogen and oxygen atoms in total. The Morgan fingerprint density at radius 2 is 1.94 bits per heavy atom. The lowest BCUT2D eigenvalue weighted by atomic mass is 9.71. The number of piperidine rings is 1. The minimum Gasteiger partial charge on any atom is -0.446 e. The van der Waals surface area contributed by atoms with Crippen LogP contribution in [0.2, 0.25) is 0 Å². The van der Waals surface area contributed by atoms with Gasteiger partial charge in [0.1, 0.15) is 11.9 Å². The number of nitrogens with one attached hydrogen (secondary N) is 1. The van der Waals surface area contributed by atoms with Crippen molar-refractivity contribution < 1.29 is 13.9 Å². The number of hydrogen-bond acceptors (Lipinski definition) is 3. The van der Waals surface area contributed by atoms with Gasteiger partial charge in [-0.1, -0.05) is 45.7 Å². The summed E-state index contributed by atoms with van der Waals surface area (Å²) >= 11 is 0. The summed E-state index contributed by atoms with van der Waals surface area (Å²) in [6, 6.07) is 7.15. The highest BCUT2D eigenvalue weighted by atomic mass is 19.1. The van der Waals surface area contributed by atoms with Gasteiger partial charge in [-0.2, -0.15) is 0 Å². The van der Waals surface area contributed by atoms with Crippen molar-refractivity contribution in [1.82, 2.24) is 10.2 Å². The molecule has 0 aromatic heterocycles. The molecule has 1 aromatic rings. The lowest BCUT2D eigenvalue weighted by molar-refractivity contribution is 0.0506. The zero-order valence-electron chi connectivity index (χ0n) is 21.2. The molecule has 0 spiro atoms. The van der Waals surface area contributed by atoms with Gasteiger partial charge in [0.15, 0.2) is 0 Å². The van der Waals surface area contributed by atoms with Crippen molar-refractivity contribution in [3.05, 3.63) is 35.6 Å². The predicted molar refractivity (Wildman–Crippen MR) is 133 cm³/mol. The minimum atomic E-state index is -0.355. The fourth-order valence-electron chi connectivity index (χ4n) is 6.26. The van der Waals surface area contributed by atoms with Gasteiger partial charge in [0, 0.05) is 19.5 Å². The number of hydrogen-bond donors (Lipinski definition) is 1. The first-order valence-electron chi connectivity index (χ1n) is 13.3. The lowest BCUT2D eigenvalue weighted by Crippen LogP contribution is -2.41. The number of rotatable bonds is 10. The minimum absolute atomic E-state index is 0.0868. The fraction of sp³-hybridized carbons (Fsp3) is 0.750. The molecule has 5 heteroatoms. The Bertz CT molecular complexity index is 734. The number of alkyl carbamates (subject to hydrolysis) is 1. The summed E-state index contributed by atoms with van der Waals surface area (Å²) in [5.41, 5.74) is 1.08. The van der Waals surface area contributed by atoms with Gasteiger partial charge in [0.25, 0.3) is 0 Å². The molecule has 3 rings (SSSR count). The van der Waals surface area contributed by atoms with Crippen LogP contribution < -0.4 is 5.32 Å². The molecule has 186 valence electrons. The molecule has 1 aromatic carbocycles. The Labute approximate surface area is 200 Å². The number of halogens is 1. The van der Waals surface area contributed by atoms with Gasteiger partial charge in [0.2, 0.25) is 0 Å². The van der Waals surface area contributed by atoms with E-state index in [0.717, 1.165) is 62.6 Å². The number of amides is 1. The molecule has 1 N–H and O–H groups in total. The molecule has 1 heterocycles. The molecule has 1 amide bonds. The Morgan fingerprint density at radius 3 is 2.58 bits per heavy atom. The number of carbonyl (C=O) groups is 1. The van der Waals surface area contributed by atoms with Crippen molar-refractivity contribution in [3.63, 3.8) is 0 Å². The molecule has 0 radical (unpaired) electrons. The van der Waals surface area contributed by atoms with Crippen LogP contribution in [0.1, 0.15) is 83.6 Å². The van der Waals surface area contributed by atoms with E-state index in [-0.39, 0.29) is 29.9 Å². The molecule has 0 bridgehead atoms. The first-order valence-corrected chi connectivity index (χ1v) is 13.3. The highest BCUT2D eigenvalue weighted by molar-refractivity contribution is 5.66. The van der Waals surface area contributed by atoms with Crippen LogP contribution in [0.4, 0.5) is 9.18 Å². The third-order valence-electron chi connectivity index (χ3n) is 8.33. The Morgan fingerprint density at radius 1 is 1.18 bits per heavy atom. The summed E-state index contributed by atoms with van der Waals surface area (Å²) in [6.07, 6.45) is 8.64. The maximum absolute atomic E-state index is 14.2. The Kier molecular flexibility index (Phi) is 10.0. The standard InChI is InChI=1S/C28H45FN2O2/c1-5-20(3)17-21(6-2)19-31-15-13-22(14-16-31)27(23-9-7-10-24(29)18-23)25-11-8-12-26(25)33-28(32)30-4/h7,9-10,18,20-22,25-27H,5-6,8,11-17,19H2,1-4H3,(H,30,32)/t20?,21?,25-,26-,27?/m0/s1. The predicted octanol–water partition coefficient (Wildman–Crippen LogP) is 6.61. The lowest BCUT2D eigenvalue weighted by Gasteiger charge is -2.41. The van der Waals surface area contributed by atoms with E-state index in [0.29, 0.717) is 5.92 Å². The topological polar surface area (TPSA) is 41.6 Å². The zero-order chi connectivity index (χ0) is 23.8. The average molecular weight is 461 g/mol. The van der Waals surface area contributed by atoms with Gasteiger partial charge >= 0.3 is 6.09 Å². The SMILES string of the molecule is CCC(C)CC(CC)CN1CCC(C(c2cccc(F)c2)[C@H]2CCC[C@@H]2OC(=O)NC)CC1. The smallest absolute Gasteiger partial charge is 0.407 e. The van der Waals surface area contributed by atoms with Gasteiger partial charge in [-0.05, 0) is 93.0 Å². The normalized spacial score (nSPS) is 24.9. The van der Waals surface area contributed by atoms with Crippen molar-refractivity contribution >= 4 is 6.09 Å². The van der Waals surface area contributed by atoms with Crippen molar-refractivity contribution in [3.8, 4) is 0 Å². The maximum Gasteiger partial charge on any atom is 0.407 e. The zero-order valence-corrected chi connectivity index (χ0v) is 21.2. The van der Waals surface area contributed by atoms with Crippen LogP contribution in [0, 0.1) is 29.5 Å². The summed E-state index contributed by atoms with van der Waals surface area (Å²) in [7, 11) is 1.61. The number of carbonyl (C=O) groups excluding carboxylic acids is 1. The first kappa shape index (κ1) is 26.0. The summed E-state index contributed by atoms with van der Waals surface area (Å²) in [5, 5.41) is 2.60. The van der Waals surface area contributed by atoms with E-state index in [1.54, 1.807) is 13.1 Å². The van der Waals surface area contributed by atoms with Gasteiger partial charge in [-0.3, -0.25) is 0 Å². The molecule has 33 heavy (non-hydrogen) atoms. The van der Waals surface area contributed by atoms with Gasteiger partial charge in [0.05, 0.1) is 0 Å². The molecule has 2 aliphatic rings. The van der Waals surface area contributed by atoms with Crippen molar-refractivity contribution in [1.29, 1.82) is 0 Å². The molecule has 1 aliphatic heterocycles. The average Bonchev–Trinajstić information content (AvgIpc) is 3.27. The van der Waals surface area contributed by atoms with Crippen molar-refractivity contribution in [2.45, 2.75) is 84.2 Å². The Balaban J connectivity index is 1.70. The van der Waals surface area contributed by atoms with Crippen LogP contribution >= 0.6 is 0 Å². The van der Waals surface area contributed by atoms with E-state index in [9.17, 15) is 9.18 Å². The van der Waals surface area contributed by atoms with E-state index < -0.39 is 0 Å². The van der Waals surface area contributed by atoms with Gasteiger partial charge in [-0.25, -0.2) is 9.18 Å². The highest BCUT2D eigenvalue weighted by Crippen LogP contribution is 2.46. The van der Waals surface area contributed by atoms with E-state index in [1.165, 1.54) is 31.9 Å². The van der Waals surface area contributed by atoms with Crippen LogP contribution in [0.3, 0.4) is 0 Å². The van der Waals surface area contributed by atoms with Gasteiger partial charge in [-0.15, -0.1) is 0 Å². The third kappa shape index (κ3) is 7.18. The summed E-state index contributed by atoms with van der Waals surface area (Å²) in [4.78, 5) is 14.6. The number of benzene rings is 1. The largest absolute Gasteiger partial charge is 0.446 e. The molecule has 1 saturated heterocycles. The van der Waals surface area contributed by atoms with Crippen LogP contribution in [0.25, 0.3) is 0 Å². The van der Waals surface area contributed by atoms with E-state index in [4.69, 9.17) is 4.74 Å².